The lowest BCUT2D eigenvalue weighted by Crippen LogP contribution is -2.58. The fourth-order valence-electron chi connectivity index (χ4n) is 2.30. The van der Waals surface area contributed by atoms with Gasteiger partial charge in [0.05, 0.1) is 6.04 Å². The highest BCUT2D eigenvalue weighted by atomic mass is 16.4. The molecule has 0 spiro atoms. The van der Waals surface area contributed by atoms with Crippen molar-refractivity contribution >= 4 is 11.9 Å². The number of nitrogens with two attached hydrogens (primary N) is 1. The Kier molecular flexibility index (Phi) is 4.09. The highest BCUT2D eigenvalue weighted by Crippen LogP contribution is 2.39. The Labute approximate surface area is 118 Å². The largest absolute Gasteiger partial charge is 0.480 e. The molecule has 4 N–H and O–H groups in total. The molecule has 108 valence electrons. The average molecular weight is 276 g/mol. The summed E-state index contributed by atoms with van der Waals surface area (Å²) < 4.78 is 0. The number of rotatable bonds is 6. The van der Waals surface area contributed by atoms with Crippen molar-refractivity contribution in [1.82, 2.24) is 5.32 Å². The number of carbonyl (C=O) groups is 2. The molecular formula is C15H20N2O3. The Morgan fingerprint density at radius 2 is 2.00 bits per heavy atom. The first-order chi connectivity index (χ1) is 9.43. The van der Waals surface area contributed by atoms with Crippen LogP contribution in [0.5, 0.6) is 0 Å². The third-order valence-corrected chi connectivity index (χ3v) is 3.86. The smallest absolute Gasteiger partial charge is 0.329 e. The second-order valence-corrected chi connectivity index (χ2v) is 5.57. The van der Waals surface area contributed by atoms with Crippen molar-refractivity contribution in [2.75, 3.05) is 0 Å². The van der Waals surface area contributed by atoms with Crippen LogP contribution >= 0.6 is 0 Å². The second-order valence-electron chi connectivity index (χ2n) is 5.57. The van der Waals surface area contributed by atoms with Gasteiger partial charge in [-0.3, -0.25) is 4.79 Å². The summed E-state index contributed by atoms with van der Waals surface area (Å²) in [6, 6.07) is 8.70. The summed E-state index contributed by atoms with van der Waals surface area (Å²) in [4.78, 5) is 23.5. The van der Waals surface area contributed by atoms with Crippen molar-refractivity contribution < 1.29 is 14.7 Å². The molecule has 0 bridgehead atoms. The number of carboxylic acids is 1. The Morgan fingerprint density at radius 3 is 2.50 bits per heavy atom. The normalized spacial score (nSPS) is 18.9. The van der Waals surface area contributed by atoms with E-state index in [0.717, 1.165) is 18.4 Å². The summed E-state index contributed by atoms with van der Waals surface area (Å²) in [5.74, 6) is -1.40. The minimum Gasteiger partial charge on any atom is -0.480 e. The second kappa shape index (κ2) is 5.63. The Balaban J connectivity index is 1.98. The zero-order chi connectivity index (χ0) is 14.8. The topological polar surface area (TPSA) is 92.4 Å². The van der Waals surface area contributed by atoms with Gasteiger partial charge in [-0.25, -0.2) is 4.79 Å². The lowest BCUT2D eigenvalue weighted by molar-refractivity contribution is -0.148. The van der Waals surface area contributed by atoms with Crippen molar-refractivity contribution in [2.45, 2.75) is 37.8 Å². The average Bonchev–Trinajstić information content (AvgIpc) is 3.24. The molecule has 20 heavy (non-hydrogen) atoms. The van der Waals surface area contributed by atoms with Crippen LogP contribution in [0.1, 0.15) is 25.3 Å². The molecular weight excluding hydrogens is 256 g/mol. The van der Waals surface area contributed by atoms with E-state index in [1.54, 1.807) is 6.92 Å². The van der Waals surface area contributed by atoms with Gasteiger partial charge in [-0.15, -0.1) is 0 Å². The van der Waals surface area contributed by atoms with Gasteiger partial charge in [0, 0.05) is 0 Å². The SMILES string of the molecule is CC(NC(=O)[C@@H](N)Cc1ccccc1)(C(=O)O)C1CC1. The van der Waals surface area contributed by atoms with Crippen molar-refractivity contribution in [1.29, 1.82) is 0 Å². The number of hydrogen-bond donors (Lipinski definition) is 3. The fourth-order valence-corrected chi connectivity index (χ4v) is 2.30. The molecule has 1 aliphatic carbocycles. The molecule has 1 aromatic rings. The van der Waals surface area contributed by atoms with Gasteiger partial charge in [-0.05, 0) is 37.7 Å². The van der Waals surface area contributed by atoms with Crippen molar-refractivity contribution in [3.8, 4) is 0 Å². The van der Waals surface area contributed by atoms with E-state index in [1.807, 2.05) is 30.3 Å². The van der Waals surface area contributed by atoms with Gasteiger partial charge in [-0.1, -0.05) is 30.3 Å². The van der Waals surface area contributed by atoms with Gasteiger partial charge in [0.1, 0.15) is 5.54 Å². The van der Waals surface area contributed by atoms with Crippen LogP contribution in [0.4, 0.5) is 0 Å². The number of amides is 1. The van der Waals surface area contributed by atoms with Crippen LogP contribution in [0.2, 0.25) is 0 Å². The maximum atomic E-state index is 12.1. The van der Waals surface area contributed by atoms with Gasteiger partial charge in [0.15, 0.2) is 0 Å². The van der Waals surface area contributed by atoms with E-state index >= 15 is 0 Å². The highest BCUT2D eigenvalue weighted by molar-refractivity contribution is 5.89. The van der Waals surface area contributed by atoms with Crippen LogP contribution in [-0.2, 0) is 16.0 Å². The number of benzene rings is 1. The van der Waals surface area contributed by atoms with Gasteiger partial charge < -0.3 is 16.2 Å². The summed E-state index contributed by atoms with van der Waals surface area (Å²) in [5.41, 5.74) is 5.63. The standard InChI is InChI=1S/C15H20N2O3/c1-15(14(19)20,11-7-8-11)17-13(18)12(16)9-10-5-3-2-4-6-10/h2-6,11-12H,7-9,16H2,1H3,(H,17,18)(H,19,20)/t12-,15?/m0/s1. The molecule has 5 heteroatoms. The summed E-state index contributed by atoms with van der Waals surface area (Å²) in [7, 11) is 0. The fraction of sp³-hybridized carbons (Fsp3) is 0.467. The van der Waals surface area contributed by atoms with Crippen LogP contribution in [0.25, 0.3) is 0 Å². The Hall–Kier alpha value is -1.88. The summed E-state index contributed by atoms with van der Waals surface area (Å²) >= 11 is 0. The summed E-state index contributed by atoms with van der Waals surface area (Å²) in [6.45, 7) is 1.56. The molecule has 1 aromatic carbocycles. The lowest BCUT2D eigenvalue weighted by atomic mass is 9.95. The monoisotopic (exact) mass is 276 g/mol. The van der Waals surface area contributed by atoms with E-state index in [4.69, 9.17) is 5.73 Å². The molecule has 0 radical (unpaired) electrons. The van der Waals surface area contributed by atoms with Crippen LogP contribution in [0.15, 0.2) is 30.3 Å². The minimum atomic E-state index is -1.20. The first-order valence-electron chi connectivity index (χ1n) is 6.78. The number of carbonyl (C=O) groups excluding carboxylic acids is 1. The molecule has 0 aliphatic heterocycles. The number of nitrogens with one attached hydrogen (secondary N) is 1. The molecule has 1 amide bonds. The van der Waals surface area contributed by atoms with E-state index in [9.17, 15) is 14.7 Å². The highest BCUT2D eigenvalue weighted by Gasteiger charge is 2.48. The Morgan fingerprint density at radius 1 is 1.40 bits per heavy atom. The minimum absolute atomic E-state index is 0.00729. The van der Waals surface area contributed by atoms with Gasteiger partial charge in [-0.2, -0.15) is 0 Å². The van der Waals surface area contributed by atoms with Gasteiger partial charge >= 0.3 is 5.97 Å². The summed E-state index contributed by atoms with van der Waals surface area (Å²) in [6.07, 6.45) is 2.06. The predicted molar refractivity (Wildman–Crippen MR) is 75.0 cm³/mol. The van der Waals surface area contributed by atoms with E-state index in [1.165, 1.54) is 0 Å². The van der Waals surface area contributed by atoms with Crippen LogP contribution in [0, 0.1) is 5.92 Å². The van der Waals surface area contributed by atoms with Crippen molar-refractivity contribution in [3.63, 3.8) is 0 Å². The molecule has 5 nitrogen and oxygen atoms in total. The van der Waals surface area contributed by atoms with Crippen LogP contribution in [-0.4, -0.2) is 28.6 Å². The molecule has 1 fully saturated rings. The third kappa shape index (κ3) is 3.17. The quantitative estimate of drug-likeness (QED) is 0.720. The molecule has 1 saturated carbocycles. The molecule has 2 rings (SSSR count). The maximum absolute atomic E-state index is 12.1. The maximum Gasteiger partial charge on any atom is 0.329 e. The Bertz CT molecular complexity index is 499. The van der Waals surface area contributed by atoms with Crippen LogP contribution in [0.3, 0.4) is 0 Å². The molecule has 0 heterocycles. The number of carboxylic acid groups (broad SMARTS) is 1. The zero-order valence-corrected chi connectivity index (χ0v) is 11.5. The zero-order valence-electron chi connectivity index (χ0n) is 11.5. The first kappa shape index (κ1) is 14.5. The predicted octanol–water partition coefficient (Wildman–Crippen LogP) is 0.926. The number of aliphatic carboxylic acids is 1. The van der Waals surface area contributed by atoms with E-state index in [-0.39, 0.29) is 5.92 Å². The molecule has 0 saturated heterocycles. The van der Waals surface area contributed by atoms with Crippen molar-refractivity contribution in [2.24, 2.45) is 11.7 Å². The molecule has 2 atom stereocenters. The molecule has 1 aliphatic rings. The number of hydrogen-bond acceptors (Lipinski definition) is 3. The molecule has 0 aromatic heterocycles. The van der Waals surface area contributed by atoms with E-state index < -0.39 is 23.5 Å². The lowest BCUT2D eigenvalue weighted by Gasteiger charge is -2.27. The van der Waals surface area contributed by atoms with Gasteiger partial charge in [0.2, 0.25) is 5.91 Å². The third-order valence-electron chi connectivity index (χ3n) is 3.86. The van der Waals surface area contributed by atoms with Gasteiger partial charge in [0.25, 0.3) is 0 Å². The molecule has 1 unspecified atom stereocenters. The first-order valence-corrected chi connectivity index (χ1v) is 6.78. The van der Waals surface area contributed by atoms with E-state index in [2.05, 4.69) is 5.32 Å². The summed E-state index contributed by atoms with van der Waals surface area (Å²) in [5, 5.41) is 11.9. The van der Waals surface area contributed by atoms with E-state index in [0.29, 0.717) is 6.42 Å². The van der Waals surface area contributed by atoms with Crippen LogP contribution < -0.4 is 11.1 Å². The van der Waals surface area contributed by atoms with Crippen molar-refractivity contribution in [3.05, 3.63) is 35.9 Å².